The summed E-state index contributed by atoms with van der Waals surface area (Å²) >= 11 is 0. The zero-order chi connectivity index (χ0) is 11.6. The van der Waals surface area contributed by atoms with E-state index < -0.39 is 10.4 Å². The maximum atomic E-state index is 10.1. The molecule has 15 heavy (non-hydrogen) atoms. The second-order valence-corrected chi connectivity index (χ2v) is 4.07. The Bertz CT molecular complexity index is 291. The predicted octanol–water partition coefficient (Wildman–Crippen LogP) is 2.50. The average Bonchev–Trinajstić information content (AvgIpc) is 2.14. The number of allylic oxidation sites excluding steroid dienone is 4. The summed E-state index contributed by atoms with van der Waals surface area (Å²) in [6, 6.07) is 0. The molecule has 0 heterocycles. The molecule has 0 aromatic rings. The maximum Gasteiger partial charge on any atom is 0.397 e. The highest BCUT2D eigenvalue weighted by atomic mass is 32.3. The van der Waals surface area contributed by atoms with E-state index in [9.17, 15) is 8.42 Å². The van der Waals surface area contributed by atoms with E-state index in [1.54, 1.807) is 0 Å². The first-order valence-electron chi connectivity index (χ1n) is 4.98. The lowest BCUT2D eigenvalue weighted by Gasteiger charge is -1.96. The zero-order valence-electron chi connectivity index (χ0n) is 8.93. The molecule has 0 fully saturated rings. The van der Waals surface area contributed by atoms with Gasteiger partial charge in [-0.2, -0.15) is 8.42 Å². The molecule has 0 aliphatic heterocycles. The van der Waals surface area contributed by atoms with Gasteiger partial charge in [0.25, 0.3) is 0 Å². The van der Waals surface area contributed by atoms with Gasteiger partial charge in [-0.1, -0.05) is 31.2 Å². The van der Waals surface area contributed by atoms with Gasteiger partial charge in [0.15, 0.2) is 0 Å². The van der Waals surface area contributed by atoms with Crippen molar-refractivity contribution < 1.29 is 17.2 Å². The van der Waals surface area contributed by atoms with Gasteiger partial charge < -0.3 is 0 Å². The Morgan fingerprint density at radius 1 is 1.20 bits per heavy atom. The molecule has 0 aliphatic carbocycles. The van der Waals surface area contributed by atoms with Crippen LogP contribution in [-0.4, -0.2) is 19.6 Å². The summed E-state index contributed by atoms with van der Waals surface area (Å²) in [5, 5.41) is 0. The predicted molar refractivity (Wildman–Crippen MR) is 59.9 cm³/mol. The van der Waals surface area contributed by atoms with Crippen LogP contribution in [0.2, 0.25) is 0 Å². The van der Waals surface area contributed by atoms with Crippen molar-refractivity contribution in [3.63, 3.8) is 0 Å². The van der Waals surface area contributed by atoms with Crippen LogP contribution in [0.4, 0.5) is 0 Å². The lowest BCUT2D eigenvalue weighted by Crippen LogP contribution is -2.04. The number of rotatable bonds is 8. The Morgan fingerprint density at radius 2 is 1.87 bits per heavy atom. The second-order valence-electron chi connectivity index (χ2n) is 2.98. The molecule has 5 heteroatoms. The Hall–Kier alpha value is -0.650. The molecule has 0 unspecified atom stereocenters. The molecule has 0 aliphatic rings. The molecular formula is C10H18O4S. The summed E-state index contributed by atoms with van der Waals surface area (Å²) in [7, 11) is -4.26. The highest BCUT2D eigenvalue weighted by molar-refractivity contribution is 7.80. The third-order valence-electron chi connectivity index (χ3n) is 1.59. The Morgan fingerprint density at radius 3 is 2.47 bits per heavy atom. The van der Waals surface area contributed by atoms with Gasteiger partial charge >= 0.3 is 10.4 Å². The summed E-state index contributed by atoms with van der Waals surface area (Å²) < 4.78 is 32.7. The van der Waals surface area contributed by atoms with E-state index in [0.717, 1.165) is 19.3 Å². The van der Waals surface area contributed by atoms with Crippen LogP contribution >= 0.6 is 0 Å². The molecule has 0 rings (SSSR count). The number of hydrogen-bond donors (Lipinski definition) is 1. The fourth-order valence-electron chi connectivity index (χ4n) is 0.921. The Labute approximate surface area is 91.6 Å². The van der Waals surface area contributed by atoms with Gasteiger partial charge in [-0.3, -0.25) is 4.55 Å². The summed E-state index contributed by atoms with van der Waals surface area (Å²) in [6.07, 6.45) is 11.4. The smallest absolute Gasteiger partial charge is 0.264 e. The minimum Gasteiger partial charge on any atom is -0.264 e. The van der Waals surface area contributed by atoms with Crippen molar-refractivity contribution in [1.29, 1.82) is 0 Å². The van der Waals surface area contributed by atoms with Crippen LogP contribution in [0, 0.1) is 0 Å². The first kappa shape index (κ1) is 14.3. The van der Waals surface area contributed by atoms with Gasteiger partial charge in [0.05, 0.1) is 6.61 Å². The molecule has 0 aromatic carbocycles. The molecule has 88 valence electrons. The van der Waals surface area contributed by atoms with Crippen LogP contribution in [0.3, 0.4) is 0 Å². The quantitative estimate of drug-likeness (QED) is 0.398. The van der Waals surface area contributed by atoms with Crippen LogP contribution < -0.4 is 0 Å². The molecule has 1 N–H and O–H groups in total. The van der Waals surface area contributed by atoms with Gasteiger partial charge in [0.1, 0.15) is 0 Å². The van der Waals surface area contributed by atoms with Gasteiger partial charge in [-0.15, -0.1) is 0 Å². The monoisotopic (exact) mass is 234 g/mol. The van der Waals surface area contributed by atoms with E-state index in [1.807, 2.05) is 12.2 Å². The van der Waals surface area contributed by atoms with Gasteiger partial charge in [0.2, 0.25) is 0 Å². The molecule has 0 amide bonds. The highest BCUT2D eigenvalue weighted by Gasteiger charge is 2.01. The van der Waals surface area contributed by atoms with Crippen LogP contribution in [0.1, 0.15) is 32.6 Å². The van der Waals surface area contributed by atoms with Crippen LogP contribution in [0.25, 0.3) is 0 Å². The zero-order valence-corrected chi connectivity index (χ0v) is 9.74. The van der Waals surface area contributed by atoms with E-state index in [-0.39, 0.29) is 6.61 Å². The molecule has 0 saturated carbocycles. The third-order valence-corrected chi connectivity index (χ3v) is 2.05. The molecule has 0 radical (unpaired) electrons. The van der Waals surface area contributed by atoms with Crippen molar-refractivity contribution in [3.05, 3.63) is 24.3 Å². The number of hydrogen-bond acceptors (Lipinski definition) is 3. The standard InChI is InChI=1S/C10H18O4S/c1-2-3-4-5-6-7-8-9-10-14-15(11,12)13/h3-4,6-7H,2,5,8-10H2,1H3,(H,11,12,13)/b4-3+,7-6-. The van der Waals surface area contributed by atoms with E-state index in [4.69, 9.17) is 4.55 Å². The molecule has 4 nitrogen and oxygen atoms in total. The summed E-state index contributed by atoms with van der Waals surface area (Å²) in [5.41, 5.74) is 0. The first-order chi connectivity index (χ1) is 7.06. The second kappa shape index (κ2) is 8.64. The third kappa shape index (κ3) is 13.3. The van der Waals surface area contributed by atoms with Crippen molar-refractivity contribution in [2.24, 2.45) is 0 Å². The van der Waals surface area contributed by atoms with Crippen LogP contribution in [-0.2, 0) is 14.6 Å². The number of unbranched alkanes of at least 4 members (excludes halogenated alkanes) is 1. The Balaban J connectivity index is 3.35. The molecule has 0 spiro atoms. The van der Waals surface area contributed by atoms with Crippen molar-refractivity contribution in [2.75, 3.05) is 6.61 Å². The molecule has 0 atom stereocenters. The lowest BCUT2D eigenvalue weighted by molar-refractivity contribution is 0.265. The minimum atomic E-state index is -4.26. The topological polar surface area (TPSA) is 63.6 Å². The van der Waals surface area contributed by atoms with E-state index in [0.29, 0.717) is 6.42 Å². The first-order valence-corrected chi connectivity index (χ1v) is 6.34. The van der Waals surface area contributed by atoms with E-state index >= 15 is 0 Å². The fourth-order valence-corrected chi connectivity index (χ4v) is 1.25. The van der Waals surface area contributed by atoms with Gasteiger partial charge in [-0.05, 0) is 25.7 Å². The molecule has 0 bridgehead atoms. The SMILES string of the molecule is CC/C=C/C/C=C\CCCOS(=O)(=O)O. The van der Waals surface area contributed by atoms with Crippen LogP contribution in [0.15, 0.2) is 24.3 Å². The van der Waals surface area contributed by atoms with Crippen molar-refractivity contribution in [2.45, 2.75) is 32.6 Å². The summed E-state index contributed by atoms with van der Waals surface area (Å²) in [5.74, 6) is 0. The van der Waals surface area contributed by atoms with Gasteiger partial charge in [0, 0.05) is 0 Å². The van der Waals surface area contributed by atoms with Crippen molar-refractivity contribution >= 4 is 10.4 Å². The maximum absolute atomic E-state index is 10.1. The van der Waals surface area contributed by atoms with E-state index in [1.165, 1.54) is 0 Å². The van der Waals surface area contributed by atoms with Crippen molar-refractivity contribution in [1.82, 2.24) is 0 Å². The summed E-state index contributed by atoms with van der Waals surface area (Å²) in [6.45, 7) is 2.10. The minimum absolute atomic E-state index is 0.0218. The lowest BCUT2D eigenvalue weighted by atomic mass is 10.2. The largest absolute Gasteiger partial charge is 0.397 e. The molecular weight excluding hydrogens is 216 g/mol. The fraction of sp³-hybridized carbons (Fsp3) is 0.600. The molecule has 0 aromatic heterocycles. The van der Waals surface area contributed by atoms with Crippen LogP contribution in [0.5, 0.6) is 0 Å². The van der Waals surface area contributed by atoms with Gasteiger partial charge in [-0.25, -0.2) is 4.18 Å². The summed E-state index contributed by atoms with van der Waals surface area (Å²) in [4.78, 5) is 0. The highest BCUT2D eigenvalue weighted by Crippen LogP contribution is 1.97. The van der Waals surface area contributed by atoms with E-state index in [2.05, 4.69) is 23.3 Å². The average molecular weight is 234 g/mol. The van der Waals surface area contributed by atoms with Crippen molar-refractivity contribution in [3.8, 4) is 0 Å². The molecule has 0 saturated heterocycles. The normalized spacial score (nSPS) is 12.9. The Kier molecular flexibility index (Phi) is 8.27.